The summed E-state index contributed by atoms with van der Waals surface area (Å²) in [5, 5.41) is 16.3. The van der Waals surface area contributed by atoms with Gasteiger partial charge in [-0.1, -0.05) is 31.2 Å². The van der Waals surface area contributed by atoms with E-state index in [0.717, 1.165) is 12.0 Å². The van der Waals surface area contributed by atoms with E-state index in [0.29, 0.717) is 28.1 Å². The first-order valence-corrected chi connectivity index (χ1v) is 13.1. The topological polar surface area (TPSA) is 181 Å². The molecule has 3 aromatic rings. The minimum absolute atomic E-state index is 0.0256. The minimum Gasteiger partial charge on any atom is -0.399 e. The van der Waals surface area contributed by atoms with Crippen molar-refractivity contribution in [3.8, 4) is 11.3 Å². The molecule has 40 heavy (non-hydrogen) atoms. The largest absolute Gasteiger partial charge is 0.399 e. The number of nitrogens with two attached hydrogens (primary N) is 2. The standard InChI is InChI=1S/C29H38N8O3/c1-6-17(2)35-27(39)21-11-20(12-22(30)13-21)23-15-34-26(36-29(3,4)5)28(40)37(23)16-24(38)33-14-18-7-9-19(10-8-18)25(31)32/h7-13,15,17H,6,14,16,30H2,1-5H3,(H3,31,32)(H,33,38)(H,34,36)(H,35,39)/t17-/m1/s1. The Bertz CT molecular complexity index is 1460. The summed E-state index contributed by atoms with van der Waals surface area (Å²) >= 11 is 0. The van der Waals surface area contributed by atoms with E-state index in [-0.39, 0.29) is 36.7 Å². The van der Waals surface area contributed by atoms with Crippen molar-refractivity contribution in [1.82, 2.24) is 20.2 Å². The molecule has 2 aromatic carbocycles. The van der Waals surface area contributed by atoms with Gasteiger partial charge >= 0.3 is 0 Å². The molecule has 0 bridgehead atoms. The Balaban J connectivity index is 1.96. The fourth-order valence-corrected chi connectivity index (χ4v) is 3.86. The molecule has 0 saturated carbocycles. The third-order valence-corrected chi connectivity index (χ3v) is 6.11. The van der Waals surface area contributed by atoms with Crippen LogP contribution in [-0.4, -0.2) is 38.8 Å². The second-order valence-corrected chi connectivity index (χ2v) is 10.8. The highest BCUT2D eigenvalue weighted by Crippen LogP contribution is 2.24. The van der Waals surface area contributed by atoms with Crippen molar-refractivity contribution in [1.29, 1.82) is 5.41 Å². The van der Waals surface area contributed by atoms with Crippen LogP contribution in [0, 0.1) is 5.41 Å². The Kier molecular flexibility index (Phi) is 9.31. The number of anilines is 2. The first-order valence-electron chi connectivity index (χ1n) is 13.1. The van der Waals surface area contributed by atoms with Crippen molar-refractivity contribution in [3.63, 3.8) is 0 Å². The molecule has 3 rings (SSSR count). The van der Waals surface area contributed by atoms with E-state index in [1.807, 2.05) is 34.6 Å². The van der Waals surface area contributed by atoms with Gasteiger partial charge in [-0.15, -0.1) is 0 Å². The molecule has 1 atom stereocenters. The Hall–Kier alpha value is -4.67. The second-order valence-electron chi connectivity index (χ2n) is 10.8. The van der Waals surface area contributed by atoms with Gasteiger partial charge in [0.1, 0.15) is 12.4 Å². The molecule has 1 heterocycles. The van der Waals surface area contributed by atoms with Crippen LogP contribution in [0.25, 0.3) is 11.3 Å². The molecular weight excluding hydrogens is 508 g/mol. The first kappa shape index (κ1) is 29.9. The van der Waals surface area contributed by atoms with E-state index in [4.69, 9.17) is 16.9 Å². The van der Waals surface area contributed by atoms with E-state index in [9.17, 15) is 14.4 Å². The fraction of sp³-hybridized carbons (Fsp3) is 0.345. The molecule has 0 aliphatic carbocycles. The molecule has 11 nitrogen and oxygen atoms in total. The Morgan fingerprint density at radius 1 is 1.10 bits per heavy atom. The van der Waals surface area contributed by atoms with E-state index >= 15 is 0 Å². The van der Waals surface area contributed by atoms with Gasteiger partial charge in [-0.2, -0.15) is 0 Å². The van der Waals surface area contributed by atoms with Gasteiger partial charge in [0, 0.05) is 40.5 Å². The van der Waals surface area contributed by atoms with Crippen molar-refractivity contribution < 1.29 is 9.59 Å². The number of nitrogen functional groups attached to an aromatic ring is 2. The number of carbonyl (C=O) groups excluding carboxylic acids is 2. The second kappa shape index (κ2) is 12.5. The highest BCUT2D eigenvalue weighted by molar-refractivity contribution is 5.97. The number of rotatable bonds is 10. The highest BCUT2D eigenvalue weighted by atomic mass is 16.2. The van der Waals surface area contributed by atoms with Crippen LogP contribution < -0.4 is 33.0 Å². The van der Waals surface area contributed by atoms with E-state index in [1.165, 1.54) is 10.8 Å². The summed E-state index contributed by atoms with van der Waals surface area (Å²) in [4.78, 5) is 43.8. The number of nitrogens with one attached hydrogen (secondary N) is 4. The monoisotopic (exact) mass is 546 g/mol. The molecule has 2 amide bonds. The summed E-state index contributed by atoms with van der Waals surface area (Å²) in [5.74, 6) is -0.626. The molecule has 212 valence electrons. The Labute approximate surface area is 233 Å². The van der Waals surface area contributed by atoms with Crippen LogP contribution in [-0.2, 0) is 17.9 Å². The lowest BCUT2D eigenvalue weighted by Gasteiger charge is -2.22. The molecule has 0 aliphatic rings. The van der Waals surface area contributed by atoms with Gasteiger partial charge in [0.2, 0.25) is 5.91 Å². The summed E-state index contributed by atoms with van der Waals surface area (Å²) in [5.41, 5.74) is 13.6. The van der Waals surface area contributed by atoms with Crippen LogP contribution >= 0.6 is 0 Å². The summed E-state index contributed by atoms with van der Waals surface area (Å²) in [6, 6.07) is 11.8. The molecule has 0 radical (unpaired) electrons. The summed E-state index contributed by atoms with van der Waals surface area (Å²) in [7, 11) is 0. The fourth-order valence-electron chi connectivity index (χ4n) is 3.86. The van der Waals surface area contributed by atoms with Crippen molar-refractivity contribution >= 4 is 29.2 Å². The maximum absolute atomic E-state index is 13.6. The van der Waals surface area contributed by atoms with Crippen LogP contribution in [0.4, 0.5) is 11.5 Å². The minimum atomic E-state index is -0.485. The average Bonchev–Trinajstić information content (AvgIpc) is 2.88. The zero-order valence-corrected chi connectivity index (χ0v) is 23.6. The average molecular weight is 547 g/mol. The van der Waals surface area contributed by atoms with Crippen molar-refractivity contribution in [2.24, 2.45) is 5.73 Å². The lowest BCUT2D eigenvalue weighted by atomic mass is 10.1. The van der Waals surface area contributed by atoms with Gasteiger partial charge < -0.3 is 27.4 Å². The third kappa shape index (κ3) is 7.92. The van der Waals surface area contributed by atoms with Crippen LogP contribution in [0.2, 0.25) is 0 Å². The number of aromatic nitrogens is 2. The molecule has 11 heteroatoms. The van der Waals surface area contributed by atoms with Crippen LogP contribution in [0.5, 0.6) is 0 Å². The van der Waals surface area contributed by atoms with Gasteiger partial charge in [0.05, 0.1) is 11.9 Å². The van der Waals surface area contributed by atoms with Gasteiger partial charge in [-0.3, -0.25) is 24.4 Å². The van der Waals surface area contributed by atoms with E-state index in [2.05, 4.69) is 20.9 Å². The number of amidine groups is 1. The Morgan fingerprint density at radius 2 is 1.77 bits per heavy atom. The molecule has 0 saturated heterocycles. The Morgan fingerprint density at radius 3 is 2.38 bits per heavy atom. The van der Waals surface area contributed by atoms with Crippen LogP contribution in [0.3, 0.4) is 0 Å². The lowest BCUT2D eigenvalue weighted by molar-refractivity contribution is -0.121. The summed E-state index contributed by atoms with van der Waals surface area (Å²) in [6.07, 6.45) is 2.26. The number of nitrogens with zero attached hydrogens (tertiary/aromatic N) is 2. The zero-order chi connectivity index (χ0) is 29.6. The molecule has 0 unspecified atom stereocenters. The van der Waals surface area contributed by atoms with Crippen LogP contribution in [0.1, 0.15) is 62.5 Å². The summed E-state index contributed by atoms with van der Waals surface area (Å²) in [6.45, 7) is 9.51. The first-order chi connectivity index (χ1) is 18.8. The molecule has 8 N–H and O–H groups in total. The predicted molar refractivity (Wildman–Crippen MR) is 158 cm³/mol. The molecule has 0 fully saturated rings. The maximum Gasteiger partial charge on any atom is 0.294 e. The predicted octanol–water partition coefficient (Wildman–Crippen LogP) is 2.83. The van der Waals surface area contributed by atoms with Gasteiger partial charge in [-0.05, 0) is 57.9 Å². The number of amides is 2. The van der Waals surface area contributed by atoms with Crippen molar-refractivity contribution in [2.75, 3.05) is 11.1 Å². The molecule has 0 spiro atoms. The summed E-state index contributed by atoms with van der Waals surface area (Å²) < 4.78 is 1.32. The van der Waals surface area contributed by atoms with Gasteiger partial charge in [0.25, 0.3) is 11.5 Å². The highest BCUT2D eigenvalue weighted by Gasteiger charge is 2.20. The maximum atomic E-state index is 13.6. The number of benzene rings is 2. The van der Waals surface area contributed by atoms with Gasteiger partial charge in [-0.25, -0.2) is 4.98 Å². The lowest BCUT2D eigenvalue weighted by Crippen LogP contribution is -2.37. The van der Waals surface area contributed by atoms with Gasteiger partial charge in [0.15, 0.2) is 5.82 Å². The molecule has 0 aliphatic heterocycles. The smallest absolute Gasteiger partial charge is 0.294 e. The number of carbonyl (C=O) groups is 2. The van der Waals surface area contributed by atoms with E-state index < -0.39 is 17.0 Å². The van der Waals surface area contributed by atoms with Crippen molar-refractivity contribution in [3.05, 3.63) is 75.7 Å². The zero-order valence-electron chi connectivity index (χ0n) is 23.6. The quantitative estimate of drug-likeness (QED) is 0.128. The number of hydrogen-bond donors (Lipinski definition) is 6. The van der Waals surface area contributed by atoms with Crippen molar-refractivity contribution in [2.45, 2.75) is 65.7 Å². The molecule has 1 aromatic heterocycles. The molecular formula is C29H38N8O3. The SMILES string of the molecule is CC[C@@H](C)NC(=O)c1cc(N)cc(-c2cnc(NC(C)(C)C)c(=O)n2CC(=O)NCc2ccc(C(=N)N)cc2)c1. The number of hydrogen-bond acceptors (Lipinski definition) is 7. The normalized spacial score (nSPS) is 11.9. The van der Waals surface area contributed by atoms with Crippen LogP contribution in [0.15, 0.2) is 53.5 Å². The van der Waals surface area contributed by atoms with E-state index in [1.54, 1.807) is 42.5 Å². The third-order valence-electron chi connectivity index (χ3n) is 6.11.